The fourth-order valence-corrected chi connectivity index (χ4v) is 3.40. The third-order valence-electron chi connectivity index (χ3n) is 4.99. The number of para-hydroxylation sites is 2. The molecule has 3 aromatic rings. The van der Waals surface area contributed by atoms with Crippen molar-refractivity contribution in [1.82, 2.24) is 0 Å². The second-order valence-electron chi connectivity index (χ2n) is 7.21. The van der Waals surface area contributed by atoms with Crippen molar-refractivity contribution in [1.29, 1.82) is 0 Å². The second-order valence-corrected chi connectivity index (χ2v) is 7.21. The largest absolute Gasteiger partial charge is 0.311 e. The number of rotatable bonds is 5. The van der Waals surface area contributed by atoms with E-state index in [0.717, 1.165) is 23.5 Å². The van der Waals surface area contributed by atoms with E-state index in [0.29, 0.717) is 5.92 Å². The lowest BCUT2D eigenvalue weighted by molar-refractivity contribution is 0.733. The highest BCUT2D eigenvalue weighted by Gasteiger charge is 2.11. The molecule has 0 saturated heterocycles. The van der Waals surface area contributed by atoms with Gasteiger partial charge in [0.1, 0.15) is 0 Å². The molecular weight excluding hydrogens is 362 g/mol. The van der Waals surface area contributed by atoms with Gasteiger partial charge in [0, 0.05) is 17.1 Å². The fourth-order valence-electron chi connectivity index (χ4n) is 3.40. The monoisotopic (exact) mass is 393 g/mol. The molecule has 1 aliphatic rings. The molecule has 1 aliphatic carbocycles. The first-order chi connectivity index (χ1) is 14.8. The average molecular weight is 394 g/mol. The molecule has 0 bridgehead atoms. The van der Waals surface area contributed by atoms with Crippen LogP contribution in [0.25, 0.3) is 6.08 Å². The number of hydrogen-bond donors (Lipinski definition) is 0. The van der Waals surface area contributed by atoms with Crippen LogP contribution in [0.2, 0.25) is 0 Å². The highest BCUT2D eigenvalue weighted by Crippen LogP contribution is 2.34. The first kappa shape index (κ1) is 21.4. The van der Waals surface area contributed by atoms with Crippen molar-refractivity contribution in [2.75, 3.05) is 4.90 Å². The minimum absolute atomic E-state index is 0.651. The van der Waals surface area contributed by atoms with E-state index in [4.69, 9.17) is 0 Å². The number of anilines is 3. The van der Waals surface area contributed by atoms with E-state index >= 15 is 0 Å². The Balaban J connectivity index is 0.00000124. The Kier molecular flexibility index (Phi) is 7.86. The minimum Gasteiger partial charge on any atom is -0.311 e. The molecule has 4 rings (SSSR count). The van der Waals surface area contributed by atoms with Gasteiger partial charge < -0.3 is 4.90 Å². The lowest BCUT2D eigenvalue weighted by Gasteiger charge is -2.25. The fraction of sp³-hybridized carbons (Fsp3) is 0.172. The third-order valence-corrected chi connectivity index (χ3v) is 4.99. The Morgan fingerprint density at radius 2 is 1.23 bits per heavy atom. The molecule has 1 nitrogen and oxygen atoms in total. The zero-order valence-corrected chi connectivity index (χ0v) is 18.2. The maximum absolute atomic E-state index is 2.31. The van der Waals surface area contributed by atoms with Crippen LogP contribution in [-0.4, -0.2) is 0 Å². The summed E-state index contributed by atoms with van der Waals surface area (Å²) >= 11 is 0. The topological polar surface area (TPSA) is 3.24 Å². The molecule has 152 valence electrons. The zero-order valence-electron chi connectivity index (χ0n) is 18.2. The van der Waals surface area contributed by atoms with Gasteiger partial charge in [-0.3, -0.25) is 0 Å². The number of nitrogens with zero attached hydrogens (tertiary/aromatic N) is 1. The van der Waals surface area contributed by atoms with Gasteiger partial charge in [-0.05, 0) is 59.9 Å². The Bertz CT molecular complexity index is 940. The lowest BCUT2D eigenvalue weighted by atomic mass is 9.98. The molecule has 0 aliphatic heterocycles. The molecule has 0 heterocycles. The summed E-state index contributed by atoms with van der Waals surface area (Å²) in [6, 6.07) is 29.7. The maximum Gasteiger partial charge on any atom is 0.0462 e. The van der Waals surface area contributed by atoms with Crippen LogP contribution >= 0.6 is 0 Å². The van der Waals surface area contributed by atoms with Crippen molar-refractivity contribution in [3.05, 3.63) is 120 Å². The molecule has 1 atom stereocenters. The van der Waals surface area contributed by atoms with Crippen LogP contribution in [0.3, 0.4) is 0 Å². The van der Waals surface area contributed by atoms with Crippen molar-refractivity contribution in [3.63, 3.8) is 0 Å². The van der Waals surface area contributed by atoms with Crippen molar-refractivity contribution in [2.24, 2.45) is 5.92 Å². The molecule has 30 heavy (non-hydrogen) atoms. The molecular formula is C29H31N. The second kappa shape index (κ2) is 11.0. The van der Waals surface area contributed by atoms with Crippen LogP contribution in [0, 0.1) is 5.92 Å². The summed E-state index contributed by atoms with van der Waals surface area (Å²) < 4.78 is 0. The standard InChI is InChI=1S/C27H25N.C2H6/c1-22-12-14-23(15-13-22)16-17-24-18-20-27(21-19-24)28(25-8-4-2-5-9-25)26-10-6-3-7-11-26;1-2/h2-12,14-22H,13H2,1H3;1-2H3/b17-16+;. The van der Waals surface area contributed by atoms with E-state index in [1.807, 2.05) is 13.8 Å². The van der Waals surface area contributed by atoms with Gasteiger partial charge in [0.05, 0.1) is 0 Å². The molecule has 0 spiro atoms. The zero-order chi connectivity index (χ0) is 21.2. The summed E-state index contributed by atoms with van der Waals surface area (Å²) in [6.07, 6.45) is 12.3. The van der Waals surface area contributed by atoms with Crippen LogP contribution in [0.15, 0.2) is 115 Å². The van der Waals surface area contributed by atoms with E-state index in [-0.39, 0.29) is 0 Å². The average Bonchev–Trinajstić information content (AvgIpc) is 2.82. The van der Waals surface area contributed by atoms with Crippen LogP contribution in [-0.2, 0) is 0 Å². The molecule has 0 amide bonds. The highest BCUT2D eigenvalue weighted by atomic mass is 15.1. The smallest absolute Gasteiger partial charge is 0.0462 e. The molecule has 0 N–H and O–H groups in total. The van der Waals surface area contributed by atoms with Gasteiger partial charge >= 0.3 is 0 Å². The summed E-state index contributed by atoms with van der Waals surface area (Å²) in [6.45, 7) is 6.25. The number of allylic oxidation sites excluding steroid dienone is 5. The number of hydrogen-bond acceptors (Lipinski definition) is 1. The normalized spacial score (nSPS) is 15.3. The van der Waals surface area contributed by atoms with Crippen LogP contribution in [0.1, 0.15) is 32.8 Å². The maximum atomic E-state index is 2.31. The quantitative estimate of drug-likeness (QED) is 0.419. The van der Waals surface area contributed by atoms with E-state index in [2.05, 4.69) is 127 Å². The van der Waals surface area contributed by atoms with Crippen molar-refractivity contribution in [3.8, 4) is 0 Å². The van der Waals surface area contributed by atoms with E-state index in [1.165, 1.54) is 11.1 Å². The summed E-state index contributed by atoms with van der Waals surface area (Å²) in [5.41, 5.74) is 5.96. The molecule has 3 aromatic carbocycles. The first-order valence-electron chi connectivity index (χ1n) is 10.9. The Morgan fingerprint density at radius 1 is 0.700 bits per heavy atom. The van der Waals surface area contributed by atoms with Gasteiger partial charge in [-0.2, -0.15) is 0 Å². The third kappa shape index (κ3) is 5.61. The molecule has 1 heteroatoms. The van der Waals surface area contributed by atoms with Crippen molar-refractivity contribution >= 4 is 23.1 Å². The van der Waals surface area contributed by atoms with Gasteiger partial charge in [0.2, 0.25) is 0 Å². The molecule has 1 unspecified atom stereocenters. The molecule has 0 fully saturated rings. The summed E-state index contributed by atoms with van der Waals surface area (Å²) in [5.74, 6) is 0.651. The summed E-state index contributed by atoms with van der Waals surface area (Å²) in [5, 5.41) is 0. The Morgan fingerprint density at radius 3 is 1.73 bits per heavy atom. The van der Waals surface area contributed by atoms with Crippen LogP contribution < -0.4 is 4.90 Å². The van der Waals surface area contributed by atoms with E-state index in [9.17, 15) is 0 Å². The van der Waals surface area contributed by atoms with Gasteiger partial charge in [0.15, 0.2) is 0 Å². The van der Waals surface area contributed by atoms with Gasteiger partial charge in [-0.1, -0.05) is 99.7 Å². The van der Waals surface area contributed by atoms with Gasteiger partial charge in [0.25, 0.3) is 0 Å². The van der Waals surface area contributed by atoms with Crippen LogP contribution in [0.4, 0.5) is 17.1 Å². The molecule has 0 radical (unpaired) electrons. The predicted molar refractivity (Wildman–Crippen MR) is 133 cm³/mol. The van der Waals surface area contributed by atoms with Gasteiger partial charge in [-0.15, -0.1) is 0 Å². The molecule has 0 aromatic heterocycles. The van der Waals surface area contributed by atoms with Crippen molar-refractivity contribution < 1.29 is 0 Å². The molecule has 0 saturated carbocycles. The number of benzene rings is 3. The highest BCUT2D eigenvalue weighted by molar-refractivity contribution is 5.77. The lowest BCUT2D eigenvalue weighted by Crippen LogP contribution is -2.09. The summed E-state index contributed by atoms with van der Waals surface area (Å²) in [7, 11) is 0. The van der Waals surface area contributed by atoms with Crippen LogP contribution in [0.5, 0.6) is 0 Å². The van der Waals surface area contributed by atoms with Crippen molar-refractivity contribution in [2.45, 2.75) is 27.2 Å². The Labute approximate surface area is 181 Å². The first-order valence-corrected chi connectivity index (χ1v) is 10.9. The van der Waals surface area contributed by atoms with E-state index < -0.39 is 0 Å². The predicted octanol–water partition coefficient (Wildman–Crippen LogP) is 8.72. The minimum atomic E-state index is 0.651. The van der Waals surface area contributed by atoms with E-state index in [1.54, 1.807) is 0 Å². The SMILES string of the molecule is CC.CC1C=CC(/C=C/c2ccc(N(c3ccccc3)c3ccccc3)cc2)=CC1. The summed E-state index contributed by atoms with van der Waals surface area (Å²) in [4.78, 5) is 2.28. The van der Waals surface area contributed by atoms with Gasteiger partial charge in [-0.25, -0.2) is 0 Å². The Hall–Kier alpha value is -3.32.